The summed E-state index contributed by atoms with van der Waals surface area (Å²) in [5.41, 5.74) is 15.0. The van der Waals surface area contributed by atoms with Crippen molar-refractivity contribution in [2.45, 2.75) is 97.3 Å². The fourth-order valence-corrected chi connectivity index (χ4v) is 9.33. The second-order valence-corrected chi connectivity index (χ2v) is 17.2. The maximum absolute atomic E-state index is 5.37. The van der Waals surface area contributed by atoms with Crippen molar-refractivity contribution in [1.29, 1.82) is 0 Å². The molecule has 0 spiro atoms. The van der Waals surface area contributed by atoms with Crippen LogP contribution in [0.25, 0.3) is 0 Å². The molecule has 4 N–H and O–H groups in total. The number of quaternary nitrogens is 2. The Hall–Kier alpha value is -3.54. The summed E-state index contributed by atoms with van der Waals surface area (Å²) in [7, 11) is 7.13. The van der Waals surface area contributed by atoms with Crippen LogP contribution in [0.3, 0.4) is 0 Å². The molecule has 0 radical (unpaired) electrons. The van der Waals surface area contributed by atoms with E-state index in [4.69, 9.17) is 18.9 Å². The average Bonchev–Trinajstić information content (AvgIpc) is 3.38. The second kappa shape index (κ2) is 37.4. The smallest absolute Gasteiger partial charge is 0.183 e. The van der Waals surface area contributed by atoms with Gasteiger partial charge in [0.2, 0.25) is 0 Å². The number of hydrogen-bond acceptors (Lipinski definition) is 4. The van der Waals surface area contributed by atoms with E-state index in [-0.39, 0.29) is 0 Å². The van der Waals surface area contributed by atoms with Gasteiger partial charge in [0.15, 0.2) is 24.5 Å². The lowest BCUT2D eigenvalue weighted by Crippen LogP contribution is -2.85. The van der Waals surface area contributed by atoms with Gasteiger partial charge in [0, 0.05) is 78.1 Å². The molecule has 4 aromatic carbocycles. The predicted octanol–water partition coefficient (Wildman–Crippen LogP) is 8.14. The summed E-state index contributed by atoms with van der Waals surface area (Å²) >= 11 is 2.94. The lowest BCUT2D eigenvalue weighted by molar-refractivity contribution is -0.655. The van der Waals surface area contributed by atoms with Crippen molar-refractivity contribution in [1.82, 2.24) is 0 Å². The van der Waals surface area contributed by atoms with Gasteiger partial charge in [0.25, 0.3) is 0 Å². The third-order valence-electron chi connectivity index (χ3n) is 12.8. The number of nitrogens with two attached hydrogens (primary N) is 2. The van der Waals surface area contributed by atoms with Gasteiger partial charge in [-0.25, -0.2) is 9.15 Å². The topological polar surface area (TPSA) is 76.2 Å². The largest absolute Gasteiger partial charge is 0.379 e. The number of halogens is 1. The van der Waals surface area contributed by atoms with Crippen LogP contribution in [0.2, 0.25) is 0 Å². The second-order valence-electron chi connectivity index (χ2n) is 17.2. The highest BCUT2D eigenvalue weighted by atomic mass is 79.9. The molecule has 9 heteroatoms. The summed E-state index contributed by atoms with van der Waals surface area (Å²) in [6.45, 7) is 15.8. The Morgan fingerprint density at radius 2 is 0.761 bits per heavy atom. The fraction of sp³-hybridized carbons (Fsp3) is 0.552. The Morgan fingerprint density at radius 1 is 0.418 bits per heavy atom. The first-order valence-electron chi connectivity index (χ1n) is 25.6. The highest BCUT2D eigenvalue weighted by molar-refractivity contribution is 9.08. The number of rotatable bonds is 29. The Morgan fingerprint density at radius 3 is 1.18 bits per heavy atom. The number of methoxy groups -OCH3 is 4. The lowest BCUT2D eigenvalue weighted by Gasteiger charge is -2.18. The fourth-order valence-electron chi connectivity index (χ4n) is 9.33. The summed E-state index contributed by atoms with van der Waals surface area (Å²) in [5.74, 6) is 1.81. The minimum absolute atomic E-state index is 0.792. The van der Waals surface area contributed by atoms with Gasteiger partial charge in [-0.3, -0.25) is 0 Å². The molecule has 0 unspecified atom stereocenters. The third-order valence-corrected chi connectivity index (χ3v) is 12.8. The number of ether oxygens (including phenoxy) is 4. The molecule has 0 aliphatic carbocycles. The summed E-state index contributed by atoms with van der Waals surface area (Å²) in [6.07, 6.45) is 15.5. The Kier molecular flexibility index (Phi) is 32.2. The van der Waals surface area contributed by atoms with Crippen LogP contribution in [-0.4, -0.2) is 134 Å². The summed E-state index contributed by atoms with van der Waals surface area (Å²) in [5, 5.41) is 4.71. The highest BCUT2D eigenvalue weighted by Gasteiger charge is 2.26. The normalized spacial score (nSPS) is 12.8. The molecular formula is C58H91BrN4O4+4. The average molecular weight is 988 g/mol. The Labute approximate surface area is 416 Å². The first-order valence-corrected chi connectivity index (χ1v) is 27.2. The molecule has 0 atom stereocenters. The van der Waals surface area contributed by atoms with Gasteiger partial charge in [0.05, 0.1) is 39.4 Å². The molecule has 67 heavy (non-hydrogen) atoms. The monoisotopic (exact) mass is 987 g/mol. The SMILES string of the molecule is CBr.CC.COCC[NH2+]CCc1ccccc1CCCCC1=[N+](CCOC)CCc2ccccc21.COCC[NH2+]CCc1ccccc1CCCCCC1=[N+](CCOC)CCc2ccccc21. The van der Waals surface area contributed by atoms with Crippen LogP contribution in [0.4, 0.5) is 0 Å². The molecule has 4 aromatic rings. The Bertz CT molecular complexity index is 1970. The standard InChI is InChI=1S/C28H41N2O2.C27H39N2O2.C2H6.CH3Br/c1-31-22-19-29-18-16-25-12-7-6-11-24(25)10-4-3-5-15-28-27-14-9-8-13-26(27)17-20-30(28)21-23-32-2;1-30-21-18-28-17-15-24-11-4-3-9-23(24)10-6-8-14-27-26-13-7-5-12-25(26)16-19-29(27)20-22-31-2;2*1-2/h6-9,11-14,29H,3-5,10,15-23H2,1-2H3;3-5,7,9,11-13,28H,6,8,10,14-22H2,1-2H3;1-2H3;1H3/q2*+1;;/p+2. The van der Waals surface area contributed by atoms with Crippen molar-refractivity contribution in [2.24, 2.45) is 0 Å². The van der Waals surface area contributed by atoms with E-state index in [1.165, 1.54) is 101 Å². The summed E-state index contributed by atoms with van der Waals surface area (Å²) in [6, 6.07) is 35.9. The quantitative estimate of drug-likeness (QED) is 0.0328. The van der Waals surface area contributed by atoms with Gasteiger partial charge < -0.3 is 29.6 Å². The van der Waals surface area contributed by atoms with Crippen LogP contribution < -0.4 is 10.6 Å². The number of aryl methyl sites for hydroxylation is 2. The first-order chi connectivity index (χ1) is 33.2. The molecule has 2 aliphatic heterocycles. The van der Waals surface area contributed by atoms with Crippen LogP contribution in [0.15, 0.2) is 97.1 Å². The summed E-state index contributed by atoms with van der Waals surface area (Å²) < 4.78 is 26.1. The molecule has 0 amide bonds. The van der Waals surface area contributed by atoms with E-state index in [0.717, 1.165) is 117 Å². The molecule has 2 aliphatic rings. The van der Waals surface area contributed by atoms with E-state index in [9.17, 15) is 0 Å². The van der Waals surface area contributed by atoms with Crippen LogP contribution in [0, 0.1) is 0 Å². The molecule has 0 bridgehead atoms. The maximum Gasteiger partial charge on any atom is 0.183 e. The predicted molar refractivity (Wildman–Crippen MR) is 286 cm³/mol. The van der Waals surface area contributed by atoms with E-state index >= 15 is 0 Å². The molecule has 8 nitrogen and oxygen atoms in total. The lowest BCUT2D eigenvalue weighted by atomic mass is 9.92. The third kappa shape index (κ3) is 21.3. The minimum Gasteiger partial charge on any atom is -0.379 e. The van der Waals surface area contributed by atoms with Crippen molar-refractivity contribution < 1.29 is 38.7 Å². The van der Waals surface area contributed by atoms with Crippen molar-refractivity contribution in [3.8, 4) is 0 Å². The molecule has 2 heterocycles. The maximum atomic E-state index is 5.37. The van der Waals surface area contributed by atoms with Gasteiger partial charge in [-0.2, -0.15) is 0 Å². The molecule has 6 rings (SSSR count). The zero-order valence-corrected chi connectivity index (χ0v) is 44.6. The molecule has 0 fully saturated rings. The number of hydrogen-bond donors (Lipinski definition) is 2. The van der Waals surface area contributed by atoms with E-state index in [1.807, 2.05) is 19.7 Å². The van der Waals surface area contributed by atoms with E-state index in [2.05, 4.69) is 133 Å². The van der Waals surface area contributed by atoms with Gasteiger partial charge in [0.1, 0.15) is 26.3 Å². The molecule has 370 valence electrons. The molecule has 0 saturated carbocycles. The van der Waals surface area contributed by atoms with Crippen molar-refractivity contribution in [2.75, 3.05) is 113 Å². The van der Waals surface area contributed by atoms with Crippen LogP contribution >= 0.6 is 15.9 Å². The van der Waals surface area contributed by atoms with E-state index in [0.29, 0.717) is 0 Å². The molecule has 0 aromatic heterocycles. The number of alkyl halides is 1. The van der Waals surface area contributed by atoms with Crippen LogP contribution in [0.5, 0.6) is 0 Å². The number of benzene rings is 4. The highest BCUT2D eigenvalue weighted by Crippen LogP contribution is 2.22. The zero-order chi connectivity index (χ0) is 48.2. The number of unbranched alkanes of at least 4 members (excludes halogenated alkanes) is 3. The number of nitrogens with zero attached hydrogens (tertiary/aromatic N) is 2. The van der Waals surface area contributed by atoms with E-state index < -0.39 is 0 Å². The Balaban J connectivity index is 0.000000331. The minimum atomic E-state index is 0.792. The summed E-state index contributed by atoms with van der Waals surface area (Å²) in [4.78, 5) is 0. The molecular weight excluding hydrogens is 897 g/mol. The number of fused-ring (bicyclic) bond motifs is 2. The zero-order valence-electron chi connectivity index (χ0n) is 43.0. The van der Waals surface area contributed by atoms with Gasteiger partial charge in [-0.15, -0.1) is 0 Å². The van der Waals surface area contributed by atoms with E-state index in [1.54, 1.807) is 28.4 Å². The van der Waals surface area contributed by atoms with Crippen molar-refractivity contribution in [3.63, 3.8) is 0 Å². The van der Waals surface area contributed by atoms with Gasteiger partial charge in [-0.05, 0) is 89.9 Å². The van der Waals surface area contributed by atoms with Crippen LogP contribution in [-0.2, 0) is 57.5 Å². The van der Waals surface area contributed by atoms with Crippen molar-refractivity contribution in [3.05, 3.63) is 142 Å². The van der Waals surface area contributed by atoms with Gasteiger partial charge in [-0.1, -0.05) is 121 Å². The molecule has 0 saturated heterocycles. The first kappa shape index (κ1) is 57.8. The van der Waals surface area contributed by atoms with Crippen LogP contribution in [0.1, 0.15) is 103 Å². The van der Waals surface area contributed by atoms with Gasteiger partial charge >= 0.3 is 0 Å². The van der Waals surface area contributed by atoms with Crippen molar-refractivity contribution >= 4 is 27.4 Å².